The molecule has 0 atom stereocenters. The molecule has 0 radical (unpaired) electrons. The molecule has 4 aromatic rings. The van der Waals surface area contributed by atoms with E-state index in [2.05, 4.69) is 25.3 Å². The number of hydrogen-bond donors (Lipinski definition) is 1. The summed E-state index contributed by atoms with van der Waals surface area (Å²) in [5, 5.41) is 10.8. The number of nitrogens with one attached hydrogen (secondary N) is 1. The SMILES string of the molecule is Cc1[nH]ncc1-c1nc(-c2cccnc2Oc2ccccc2)no1. The quantitative estimate of drug-likeness (QED) is 0.618. The van der Waals surface area contributed by atoms with Crippen LogP contribution in [0.2, 0.25) is 0 Å². The van der Waals surface area contributed by atoms with E-state index >= 15 is 0 Å². The molecule has 118 valence electrons. The van der Waals surface area contributed by atoms with Crippen LogP contribution in [0.25, 0.3) is 22.8 Å². The van der Waals surface area contributed by atoms with Crippen molar-refractivity contribution in [2.24, 2.45) is 0 Å². The first-order chi connectivity index (χ1) is 11.8. The molecular formula is C17H13N5O2. The maximum atomic E-state index is 5.84. The average Bonchev–Trinajstić information content (AvgIpc) is 3.25. The predicted octanol–water partition coefficient (Wildman–Crippen LogP) is 3.62. The Labute approximate surface area is 137 Å². The normalized spacial score (nSPS) is 10.7. The summed E-state index contributed by atoms with van der Waals surface area (Å²) in [6.45, 7) is 1.89. The van der Waals surface area contributed by atoms with Crippen molar-refractivity contribution in [1.82, 2.24) is 25.3 Å². The van der Waals surface area contributed by atoms with Crippen LogP contribution in [0.5, 0.6) is 11.6 Å². The molecule has 3 heterocycles. The molecule has 0 bridgehead atoms. The van der Waals surface area contributed by atoms with E-state index in [-0.39, 0.29) is 0 Å². The van der Waals surface area contributed by atoms with Crippen LogP contribution in [0.1, 0.15) is 5.69 Å². The van der Waals surface area contributed by atoms with Gasteiger partial charge in [-0.25, -0.2) is 4.98 Å². The number of rotatable bonds is 4. The molecule has 0 amide bonds. The van der Waals surface area contributed by atoms with Gasteiger partial charge in [-0.2, -0.15) is 10.1 Å². The van der Waals surface area contributed by atoms with Gasteiger partial charge in [0.15, 0.2) is 0 Å². The van der Waals surface area contributed by atoms with Crippen LogP contribution in [0.4, 0.5) is 0 Å². The van der Waals surface area contributed by atoms with Crippen LogP contribution in [0, 0.1) is 6.92 Å². The van der Waals surface area contributed by atoms with Gasteiger partial charge in [0.05, 0.1) is 17.3 Å². The van der Waals surface area contributed by atoms with Gasteiger partial charge in [0, 0.05) is 11.9 Å². The average molecular weight is 319 g/mol. The minimum Gasteiger partial charge on any atom is -0.438 e. The van der Waals surface area contributed by atoms with Gasteiger partial charge in [0.1, 0.15) is 5.75 Å². The Bertz CT molecular complexity index is 962. The molecular weight excluding hydrogens is 306 g/mol. The van der Waals surface area contributed by atoms with Crippen LogP contribution < -0.4 is 4.74 Å². The van der Waals surface area contributed by atoms with Crippen molar-refractivity contribution in [2.45, 2.75) is 6.92 Å². The molecule has 4 rings (SSSR count). The minimum absolute atomic E-state index is 0.394. The van der Waals surface area contributed by atoms with Crippen molar-refractivity contribution in [3.05, 3.63) is 60.6 Å². The van der Waals surface area contributed by atoms with Gasteiger partial charge in [-0.3, -0.25) is 5.10 Å². The maximum absolute atomic E-state index is 5.84. The van der Waals surface area contributed by atoms with Crippen molar-refractivity contribution in [2.75, 3.05) is 0 Å². The molecule has 0 spiro atoms. The highest BCUT2D eigenvalue weighted by Gasteiger charge is 2.17. The molecule has 7 heteroatoms. The standard InChI is InChI=1S/C17H13N5O2/c1-11-14(10-19-21-11)17-20-15(22-24-17)13-8-5-9-18-16(13)23-12-6-3-2-4-7-12/h2-10H,1H3,(H,19,21). The van der Waals surface area contributed by atoms with Crippen molar-refractivity contribution in [3.63, 3.8) is 0 Å². The van der Waals surface area contributed by atoms with Gasteiger partial charge >= 0.3 is 0 Å². The number of aryl methyl sites for hydroxylation is 1. The van der Waals surface area contributed by atoms with E-state index in [1.807, 2.05) is 43.3 Å². The second-order valence-electron chi connectivity index (χ2n) is 5.10. The van der Waals surface area contributed by atoms with E-state index in [1.54, 1.807) is 18.5 Å². The van der Waals surface area contributed by atoms with E-state index in [1.165, 1.54) is 0 Å². The lowest BCUT2D eigenvalue weighted by molar-refractivity contribution is 0.430. The molecule has 0 aliphatic carbocycles. The maximum Gasteiger partial charge on any atom is 0.261 e. The van der Waals surface area contributed by atoms with E-state index in [9.17, 15) is 0 Å². The summed E-state index contributed by atoms with van der Waals surface area (Å²) in [4.78, 5) is 8.71. The van der Waals surface area contributed by atoms with Gasteiger partial charge in [0.25, 0.3) is 5.89 Å². The van der Waals surface area contributed by atoms with E-state index in [4.69, 9.17) is 9.26 Å². The lowest BCUT2D eigenvalue weighted by Gasteiger charge is -2.06. The summed E-state index contributed by atoms with van der Waals surface area (Å²) in [7, 11) is 0. The van der Waals surface area contributed by atoms with E-state index in [0.29, 0.717) is 28.9 Å². The molecule has 7 nitrogen and oxygen atoms in total. The number of hydrogen-bond acceptors (Lipinski definition) is 6. The second kappa shape index (κ2) is 5.96. The number of pyridine rings is 1. The first kappa shape index (κ1) is 14.1. The van der Waals surface area contributed by atoms with Crippen molar-refractivity contribution >= 4 is 0 Å². The number of nitrogens with zero attached hydrogens (tertiary/aromatic N) is 4. The zero-order valence-electron chi connectivity index (χ0n) is 12.8. The molecule has 0 saturated carbocycles. The molecule has 24 heavy (non-hydrogen) atoms. The number of para-hydroxylation sites is 1. The van der Waals surface area contributed by atoms with Crippen LogP contribution in [-0.4, -0.2) is 25.3 Å². The first-order valence-electron chi connectivity index (χ1n) is 7.33. The zero-order valence-corrected chi connectivity index (χ0v) is 12.8. The Hall–Kier alpha value is -3.48. The summed E-state index contributed by atoms with van der Waals surface area (Å²) in [5.74, 6) is 1.90. The molecule has 1 aromatic carbocycles. The molecule has 3 aromatic heterocycles. The van der Waals surface area contributed by atoms with Crippen molar-refractivity contribution < 1.29 is 9.26 Å². The lowest BCUT2D eigenvalue weighted by atomic mass is 10.2. The summed E-state index contributed by atoms with van der Waals surface area (Å²) in [5.41, 5.74) is 2.28. The Morgan fingerprint density at radius 2 is 1.92 bits per heavy atom. The molecule has 0 saturated heterocycles. The summed E-state index contributed by atoms with van der Waals surface area (Å²) in [6.07, 6.45) is 3.31. The zero-order chi connectivity index (χ0) is 16.4. The summed E-state index contributed by atoms with van der Waals surface area (Å²) in [6, 6.07) is 13.1. The van der Waals surface area contributed by atoms with Crippen molar-refractivity contribution in [3.8, 4) is 34.5 Å². The Kier molecular flexibility index (Phi) is 3.51. The molecule has 0 aliphatic heterocycles. The number of H-pyrrole nitrogens is 1. The Morgan fingerprint density at radius 1 is 1.04 bits per heavy atom. The highest BCUT2D eigenvalue weighted by Crippen LogP contribution is 2.31. The third-order valence-corrected chi connectivity index (χ3v) is 3.46. The fraction of sp³-hybridized carbons (Fsp3) is 0.0588. The molecule has 1 N–H and O–H groups in total. The minimum atomic E-state index is 0.394. The number of ether oxygens (including phenoxy) is 1. The Balaban J connectivity index is 1.70. The highest BCUT2D eigenvalue weighted by molar-refractivity contribution is 5.64. The van der Waals surface area contributed by atoms with Crippen LogP contribution in [0.15, 0.2) is 59.4 Å². The molecule has 0 aliphatic rings. The van der Waals surface area contributed by atoms with E-state index in [0.717, 1.165) is 11.3 Å². The number of aromatic amines is 1. The molecule has 0 unspecified atom stereocenters. The van der Waals surface area contributed by atoms with Gasteiger partial charge in [-0.05, 0) is 31.2 Å². The van der Waals surface area contributed by atoms with Crippen LogP contribution >= 0.6 is 0 Å². The molecule has 0 fully saturated rings. The van der Waals surface area contributed by atoms with Gasteiger partial charge < -0.3 is 9.26 Å². The summed E-state index contributed by atoms with van der Waals surface area (Å²) >= 11 is 0. The van der Waals surface area contributed by atoms with Crippen molar-refractivity contribution in [1.29, 1.82) is 0 Å². The summed E-state index contributed by atoms with van der Waals surface area (Å²) < 4.78 is 11.2. The number of benzene rings is 1. The monoisotopic (exact) mass is 319 g/mol. The van der Waals surface area contributed by atoms with Crippen LogP contribution in [0.3, 0.4) is 0 Å². The fourth-order valence-electron chi connectivity index (χ4n) is 2.25. The number of aromatic nitrogens is 5. The first-order valence-corrected chi connectivity index (χ1v) is 7.33. The Morgan fingerprint density at radius 3 is 2.71 bits per heavy atom. The third kappa shape index (κ3) is 2.63. The largest absolute Gasteiger partial charge is 0.438 e. The lowest BCUT2D eigenvalue weighted by Crippen LogP contribution is -1.92. The smallest absolute Gasteiger partial charge is 0.261 e. The third-order valence-electron chi connectivity index (χ3n) is 3.46. The fourth-order valence-corrected chi connectivity index (χ4v) is 2.25. The van der Waals surface area contributed by atoms with E-state index < -0.39 is 0 Å². The van der Waals surface area contributed by atoms with Gasteiger partial charge in [-0.15, -0.1) is 0 Å². The topological polar surface area (TPSA) is 89.7 Å². The van der Waals surface area contributed by atoms with Gasteiger partial charge in [-0.1, -0.05) is 23.4 Å². The highest BCUT2D eigenvalue weighted by atomic mass is 16.5. The second-order valence-corrected chi connectivity index (χ2v) is 5.10. The predicted molar refractivity (Wildman–Crippen MR) is 86.4 cm³/mol. The van der Waals surface area contributed by atoms with Crippen LogP contribution in [-0.2, 0) is 0 Å². The van der Waals surface area contributed by atoms with Gasteiger partial charge in [0.2, 0.25) is 11.7 Å².